The van der Waals surface area contributed by atoms with Crippen molar-refractivity contribution in [2.24, 2.45) is 4.99 Å². The third-order valence-corrected chi connectivity index (χ3v) is 6.48. The molecule has 6 nitrogen and oxygen atoms in total. The Kier molecular flexibility index (Phi) is 5.08. The Balaban J connectivity index is 2.74. The Labute approximate surface area is 122 Å². The van der Waals surface area contributed by atoms with Crippen molar-refractivity contribution < 1.29 is 13.5 Å². The molecule has 0 amide bonds. The number of hydrogen-bond acceptors (Lipinski definition) is 4. The average Bonchev–Trinajstić information content (AvgIpc) is 2.34. The lowest BCUT2D eigenvalue weighted by molar-refractivity contribution is 0.0596. The molecule has 0 radical (unpaired) electrons. The highest BCUT2D eigenvalue weighted by molar-refractivity contribution is 7.92. The van der Waals surface area contributed by atoms with Crippen molar-refractivity contribution in [3.8, 4) is 0 Å². The van der Waals surface area contributed by atoms with Gasteiger partial charge in [-0.2, -0.15) is 0 Å². The van der Waals surface area contributed by atoms with Crippen LogP contribution in [0, 0.1) is 0 Å². The number of nitrogens with zero attached hydrogens (tertiary/aromatic N) is 2. The Morgan fingerprint density at radius 1 is 1.50 bits per heavy atom. The topological polar surface area (TPSA) is 82.0 Å². The van der Waals surface area contributed by atoms with Crippen LogP contribution in [0.5, 0.6) is 0 Å². The lowest BCUT2D eigenvalue weighted by Crippen LogP contribution is -2.58. The van der Waals surface area contributed by atoms with Gasteiger partial charge < -0.3 is 15.3 Å². The molecule has 0 aromatic carbocycles. The van der Waals surface area contributed by atoms with Gasteiger partial charge in [-0.05, 0) is 27.2 Å². The summed E-state index contributed by atoms with van der Waals surface area (Å²) in [6.45, 7) is 8.38. The summed E-state index contributed by atoms with van der Waals surface area (Å²) in [6, 6.07) is 0. The Morgan fingerprint density at radius 2 is 2.10 bits per heavy atom. The van der Waals surface area contributed by atoms with Crippen molar-refractivity contribution in [3.63, 3.8) is 0 Å². The Bertz CT molecular complexity index is 469. The van der Waals surface area contributed by atoms with E-state index in [1.165, 1.54) is 0 Å². The van der Waals surface area contributed by atoms with Crippen molar-refractivity contribution in [1.82, 2.24) is 10.2 Å². The first-order valence-corrected chi connectivity index (χ1v) is 8.60. The van der Waals surface area contributed by atoms with Gasteiger partial charge in [-0.3, -0.25) is 4.99 Å². The molecule has 1 heterocycles. The molecule has 1 atom stereocenters. The fourth-order valence-electron chi connectivity index (χ4n) is 2.05. The second-order valence-electron chi connectivity index (χ2n) is 6.25. The molecule has 0 aliphatic carbocycles. The molecular weight excluding hydrogens is 278 g/mol. The molecule has 1 aliphatic heterocycles. The first-order valence-electron chi connectivity index (χ1n) is 6.95. The number of nitrogens with one attached hydrogen (secondary N) is 1. The number of sulfone groups is 1. The summed E-state index contributed by atoms with van der Waals surface area (Å²) in [7, 11) is -1.39. The molecular formula is C13H27N3O3S. The van der Waals surface area contributed by atoms with Crippen molar-refractivity contribution in [2.45, 2.75) is 44.5 Å². The highest BCUT2D eigenvalue weighted by Gasteiger charge is 2.41. The van der Waals surface area contributed by atoms with Gasteiger partial charge in [-0.15, -0.1) is 0 Å². The SMILES string of the molecule is CCC(C)(O)CNC(=NC)N1CCS(=O)(=O)C(C)(C)C1. The lowest BCUT2D eigenvalue weighted by atomic mass is 10.0. The smallest absolute Gasteiger partial charge is 0.193 e. The summed E-state index contributed by atoms with van der Waals surface area (Å²) in [5.74, 6) is 0.770. The first-order chi connectivity index (χ1) is 9.04. The van der Waals surface area contributed by atoms with Crippen LogP contribution in [-0.2, 0) is 9.84 Å². The summed E-state index contributed by atoms with van der Waals surface area (Å²) >= 11 is 0. The van der Waals surface area contributed by atoms with E-state index in [9.17, 15) is 13.5 Å². The predicted octanol–water partition coefficient (Wildman–Crippen LogP) is 0.232. The highest BCUT2D eigenvalue weighted by atomic mass is 32.2. The highest BCUT2D eigenvalue weighted by Crippen LogP contribution is 2.23. The van der Waals surface area contributed by atoms with Crippen LogP contribution in [-0.4, -0.2) is 67.2 Å². The standard InChI is InChI=1S/C13H27N3O3S/c1-6-13(4,17)9-15-11(14-5)16-7-8-20(18,19)12(2,3)10-16/h17H,6-10H2,1-5H3,(H,14,15). The van der Waals surface area contributed by atoms with Gasteiger partial charge >= 0.3 is 0 Å². The van der Waals surface area contributed by atoms with E-state index in [0.717, 1.165) is 0 Å². The minimum atomic E-state index is -3.06. The van der Waals surface area contributed by atoms with E-state index in [1.54, 1.807) is 27.8 Å². The number of guanidine groups is 1. The largest absolute Gasteiger partial charge is 0.388 e. The van der Waals surface area contributed by atoms with Crippen LogP contribution in [0.4, 0.5) is 0 Å². The molecule has 0 aromatic rings. The van der Waals surface area contributed by atoms with Crippen LogP contribution in [0.25, 0.3) is 0 Å². The van der Waals surface area contributed by atoms with E-state index in [2.05, 4.69) is 10.3 Å². The molecule has 0 bridgehead atoms. The summed E-state index contributed by atoms with van der Waals surface area (Å²) in [4.78, 5) is 6.13. The van der Waals surface area contributed by atoms with E-state index in [4.69, 9.17) is 0 Å². The molecule has 1 saturated heterocycles. The third-order valence-electron chi connectivity index (χ3n) is 3.94. The first kappa shape index (κ1) is 17.2. The van der Waals surface area contributed by atoms with E-state index >= 15 is 0 Å². The molecule has 0 aromatic heterocycles. The molecule has 1 fully saturated rings. The van der Waals surface area contributed by atoms with Crippen molar-refractivity contribution in [1.29, 1.82) is 0 Å². The van der Waals surface area contributed by atoms with Crippen molar-refractivity contribution in [3.05, 3.63) is 0 Å². The summed E-state index contributed by atoms with van der Waals surface area (Å²) in [6.07, 6.45) is 0.636. The van der Waals surface area contributed by atoms with Crippen LogP contribution >= 0.6 is 0 Å². The van der Waals surface area contributed by atoms with Crippen LogP contribution in [0.15, 0.2) is 4.99 Å². The summed E-state index contributed by atoms with van der Waals surface area (Å²) in [5, 5.41) is 13.1. The van der Waals surface area contributed by atoms with Gasteiger partial charge in [-0.25, -0.2) is 8.42 Å². The molecule has 0 saturated carbocycles. The van der Waals surface area contributed by atoms with Crippen LogP contribution in [0.1, 0.15) is 34.1 Å². The fourth-order valence-corrected chi connectivity index (χ4v) is 3.42. The molecule has 1 unspecified atom stereocenters. The van der Waals surface area contributed by atoms with E-state index in [-0.39, 0.29) is 5.75 Å². The van der Waals surface area contributed by atoms with Gasteiger partial charge in [0.2, 0.25) is 0 Å². The van der Waals surface area contributed by atoms with Gasteiger partial charge in [0.15, 0.2) is 15.8 Å². The maximum atomic E-state index is 12.0. The zero-order valence-corrected chi connectivity index (χ0v) is 13.9. The minimum absolute atomic E-state index is 0.130. The number of aliphatic imine (C=N–C) groups is 1. The van der Waals surface area contributed by atoms with E-state index in [1.807, 2.05) is 11.8 Å². The molecule has 118 valence electrons. The number of rotatable bonds is 3. The number of hydrogen-bond donors (Lipinski definition) is 2. The molecule has 20 heavy (non-hydrogen) atoms. The van der Waals surface area contributed by atoms with E-state index in [0.29, 0.717) is 32.0 Å². The zero-order chi connectivity index (χ0) is 15.6. The van der Waals surface area contributed by atoms with Gasteiger partial charge in [0.05, 0.1) is 16.1 Å². The third kappa shape index (κ3) is 3.85. The minimum Gasteiger partial charge on any atom is -0.388 e. The Hall–Kier alpha value is -0.820. The summed E-state index contributed by atoms with van der Waals surface area (Å²) in [5.41, 5.74) is -0.798. The predicted molar refractivity (Wildman–Crippen MR) is 81.7 cm³/mol. The molecule has 0 spiro atoms. The lowest BCUT2D eigenvalue weighted by Gasteiger charge is -2.39. The van der Waals surface area contributed by atoms with Gasteiger partial charge in [0, 0.05) is 26.7 Å². The van der Waals surface area contributed by atoms with Crippen LogP contribution in [0.3, 0.4) is 0 Å². The molecule has 2 N–H and O–H groups in total. The van der Waals surface area contributed by atoms with Crippen LogP contribution in [0.2, 0.25) is 0 Å². The number of aliphatic hydroxyl groups is 1. The average molecular weight is 305 g/mol. The Morgan fingerprint density at radius 3 is 2.55 bits per heavy atom. The second kappa shape index (κ2) is 5.89. The molecule has 7 heteroatoms. The van der Waals surface area contributed by atoms with Crippen molar-refractivity contribution in [2.75, 3.05) is 32.4 Å². The summed E-state index contributed by atoms with van der Waals surface area (Å²) < 4.78 is 23.2. The zero-order valence-electron chi connectivity index (χ0n) is 13.1. The second-order valence-corrected chi connectivity index (χ2v) is 8.99. The van der Waals surface area contributed by atoms with E-state index < -0.39 is 20.2 Å². The van der Waals surface area contributed by atoms with Gasteiger partial charge in [0.25, 0.3) is 0 Å². The van der Waals surface area contributed by atoms with Gasteiger partial charge in [0.1, 0.15) is 0 Å². The fraction of sp³-hybridized carbons (Fsp3) is 0.923. The molecule has 1 rings (SSSR count). The normalized spacial score (nSPS) is 25.1. The maximum Gasteiger partial charge on any atom is 0.193 e. The van der Waals surface area contributed by atoms with Crippen LogP contribution < -0.4 is 5.32 Å². The van der Waals surface area contributed by atoms with Gasteiger partial charge in [-0.1, -0.05) is 6.92 Å². The van der Waals surface area contributed by atoms with Crippen molar-refractivity contribution >= 4 is 15.8 Å². The quantitative estimate of drug-likeness (QED) is 0.576. The molecule has 1 aliphatic rings. The maximum absolute atomic E-state index is 12.0. The monoisotopic (exact) mass is 305 g/mol.